The van der Waals surface area contributed by atoms with Gasteiger partial charge in [-0.05, 0) is 61.4 Å². The monoisotopic (exact) mass is 461 g/mol. The van der Waals surface area contributed by atoms with E-state index in [9.17, 15) is 17.6 Å². The Kier molecular flexibility index (Phi) is 6.66. The molecule has 0 spiro atoms. The van der Waals surface area contributed by atoms with Crippen LogP contribution < -0.4 is 9.64 Å². The quantitative estimate of drug-likeness (QED) is 0.685. The van der Waals surface area contributed by atoms with Gasteiger partial charge in [0.2, 0.25) is 15.9 Å². The smallest absolute Gasteiger partial charge is 0.243 e. The third-order valence-electron chi connectivity index (χ3n) is 6.21. The summed E-state index contributed by atoms with van der Waals surface area (Å²) in [5.41, 5.74) is 1.09. The number of piperidine rings is 1. The second-order valence-electron chi connectivity index (χ2n) is 8.17. The maximum atomic E-state index is 13.2. The number of anilines is 1. The highest BCUT2D eigenvalue weighted by atomic mass is 32.2. The molecule has 172 valence electrons. The van der Waals surface area contributed by atoms with Crippen LogP contribution in [0.1, 0.15) is 12.8 Å². The van der Waals surface area contributed by atoms with Crippen molar-refractivity contribution in [3.05, 3.63) is 54.3 Å². The highest BCUT2D eigenvalue weighted by Gasteiger charge is 2.35. The Morgan fingerprint density at radius 1 is 0.969 bits per heavy atom. The number of benzene rings is 2. The lowest BCUT2D eigenvalue weighted by Gasteiger charge is -2.39. The largest absolute Gasteiger partial charge is 0.497 e. The van der Waals surface area contributed by atoms with E-state index in [0.29, 0.717) is 32.5 Å². The van der Waals surface area contributed by atoms with E-state index in [2.05, 4.69) is 4.90 Å². The van der Waals surface area contributed by atoms with Gasteiger partial charge in [-0.3, -0.25) is 4.79 Å². The minimum absolute atomic E-state index is 0.0124. The fraction of sp³-hybridized carbons (Fsp3) is 0.435. The Labute approximate surface area is 188 Å². The summed E-state index contributed by atoms with van der Waals surface area (Å²) in [6.07, 6.45) is 1.30. The zero-order valence-corrected chi connectivity index (χ0v) is 18.9. The molecule has 0 N–H and O–H groups in total. The summed E-state index contributed by atoms with van der Waals surface area (Å²) in [5, 5.41) is 0. The topological polar surface area (TPSA) is 70.2 Å². The number of methoxy groups -OCH3 is 1. The third-order valence-corrected chi connectivity index (χ3v) is 8.09. The van der Waals surface area contributed by atoms with Crippen LogP contribution in [0.5, 0.6) is 5.75 Å². The Bertz CT molecular complexity index is 1040. The van der Waals surface area contributed by atoms with Crippen molar-refractivity contribution in [3.8, 4) is 5.75 Å². The van der Waals surface area contributed by atoms with Crippen molar-refractivity contribution in [3.63, 3.8) is 0 Å². The average molecular weight is 462 g/mol. The molecule has 0 saturated carbocycles. The SMILES string of the molecule is COc1ccc(N2CCN(C(=O)C3CCCN(S(=O)(=O)c4ccc(F)cc4)C3)CC2)cc1. The minimum atomic E-state index is -3.75. The van der Waals surface area contributed by atoms with Crippen LogP contribution >= 0.6 is 0 Å². The summed E-state index contributed by atoms with van der Waals surface area (Å²) in [7, 11) is -2.11. The van der Waals surface area contributed by atoms with Gasteiger partial charge in [0.05, 0.1) is 17.9 Å². The molecule has 1 amide bonds. The number of hydrogen-bond acceptors (Lipinski definition) is 5. The number of ether oxygens (including phenoxy) is 1. The van der Waals surface area contributed by atoms with Crippen LogP contribution in [-0.2, 0) is 14.8 Å². The first kappa shape index (κ1) is 22.5. The van der Waals surface area contributed by atoms with Gasteiger partial charge in [-0.2, -0.15) is 4.31 Å². The molecule has 0 radical (unpaired) electrons. The number of halogens is 1. The van der Waals surface area contributed by atoms with E-state index in [1.165, 1.54) is 16.4 Å². The summed E-state index contributed by atoms with van der Waals surface area (Å²) in [6, 6.07) is 12.7. The molecule has 1 atom stereocenters. The van der Waals surface area contributed by atoms with Gasteiger partial charge >= 0.3 is 0 Å². The van der Waals surface area contributed by atoms with Crippen LogP contribution in [-0.4, -0.2) is 69.9 Å². The standard InChI is InChI=1S/C23H28FN3O4S/c1-31-21-8-6-20(7-9-21)25-13-15-26(16-14-25)23(28)18-3-2-12-27(17-18)32(29,30)22-10-4-19(24)5-11-22/h4-11,18H,2-3,12-17H2,1H3. The summed E-state index contributed by atoms with van der Waals surface area (Å²) >= 11 is 0. The summed E-state index contributed by atoms with van der Waals surface area (Å²) in [6.45, 7) is 3.19. The predicted molar refractivity (Wildman–Crippen MR) is 120 cm³/mol. The van der Waals surface area contributed by atoms with Gasteiger partial charge in [-0.1, -0.05) is 0 Å². The van der Waals surface area contributed by atoms with Crippen molar-refractivity contribution in [1.29, 1.82) is 0 Å². The van der Waals surface area contributed by atoms with E-state index >= 15 is 0 Å². The molecular weight excluding hydrogens is 433 g/mol. The molecule has 7 nitrogen and oxygen atoms in total. The van der Waals surface area contributed by atoms with Gasteiger partial charge in [-0.15, -0.1) is 0 Å². The highest BCUT2D eigenvalue weighted by molar-refractivity contribution is 7.89. The molecule has 1 unspecified atom stereocenters. The van der Waals surface area contributed by atoms with E-state index < -0.39 is 15.8 Å². The number of nitrogens with zero attached hydrogens (tertiary/aromatic N) is 3. The molecule has 32 heavy (non-hydrogen) atoms. The van der Waals surface area contributed by atoms with Crippen molar-refractivity contribution in [2.45, 2.75) is 17.7 Å². The van der Waals surface area contributed by atoms with Crippen LogP contribution in [0.15, 0.2) is 53.4 Å². The number of amides is 1. The lowest BCUT2D eigenvalue weighted by Crippen LogP contribution is -2.53. The number of sulfonamides is 1. The number of rotatable bonds is 5. The maximum Gasteiger partial charge on any atom is 0.243 e. The van der Waals surface area contributed by atoms with Crippen LogP contribution in [0.3, 0.4) is 0 Å². The van der Waals surface area contributed by atoms with Crippen molar-refractivity contribution < 1.29 is 22.3 Å². The summed E-state index contributed by atoms with van der Waals surface area (Å²) in [4.78, 5) is 17.3. The molecule has 2 saturated heterocycles. The molecule has 2 aliphatic rings. The number of piperazine rings is 1. The summed E-state index contributed by atoms with van der Waals surface area (Å²) < 4.78 is 45.7. The van der Waals surface area contributed by atoms with Gasteiger partial charge in [0.1, 0.15) is 11.6 Å². The molecule has 9 heteroatoms. The Morgan fingerprint density at radius 2 is 1.62 bits per heavy atom. The molecule has 2 heterocycles. The van der Waals surface area contributed by atoms with E-state index in [-0.39, 0.29) is 23.3 Å². The molecule has 2 aliphatic heterocycles. The molecule has 0 aliphatic carbocycles. The van der Waals surface area contributed by atoms with Gasteiger partial charge in [0.15, 0.2) is 0 Å². The highest BCUT2D eigenvalue weighted by Crippen LogP contribution is 2.26. The van der Waals surface area contributed by atoms with Crippen LogP contribution in [0, 0.1) is 11.7 Å². The lowest BCUT2D eigenvalue weighted by atomic mass is 9.97. The van der Waals surface area contributed by atoms with E-state index in [1.807, 2.05) is 29.2 Å². The van der Waals surface area contributed by atoms with E-state index in [0.717, 1.165) is 36.7 Å². The second-order valence-corrected chi connectivity index (χ2v) is 10.1. The van der Waals surface area contributed by atoms with Gasteiger partial charge in [0.25, 0.3) is 0 Å². The third kappa shape index (κ3) is 4.73. The first-order valence-electron chi connectivity index (χ1n) is 10.8. The first-order chi connectivity index (χ1) is 15.4. The Hall–Kier alpha value is -2.65. The first-order valence-corrected chi connectivity index (χ1v) is 12.3. The van der Waals surface area contributed by atoms with Crippen molar-refractivity contribution in [2.75, 3.05) is 51.3 Å². The van der Waals surface area contributed by atoms with E-state index in [4.69, 9.17) is 4.74 Å². The molecular formula is C23H28FN3O4S. The van der Waals surface area contributed by atoms with Gasteiger partial charge < -0.3 is 14.5 Å². The van der Waals surface area contributed by atoms with Gasteiger partial charge in [0, 0.05) is 45.0 Å². The fourth-order valence-electron chi connectivity index (χ4n) is 4.35. The molecule has 2 fully saturated rings. The molecule has 0 aromatic heterocycles. The van der Waals surface area contributed by atoms with Crippen molar-refractivity contribution >= 4 is 21.6 Å². The maximum absolute atomic E-state index is 13.2. The number of hydrogen-bond donors (Lipinski definition) is 0. The minimum Gasteiger partial charge on any atom is -0.497 e. The zero-order chi connectivity index (χ0) is 22.7. The molecule has 2 aromatic carbocycles. The Balaban J connectivity index is 1.36. The van der Waals surface area contributed by atoms with Crippen molar-refractivity contribution in [2.24, 2.45) is 5.92 Å². The van der Waals surface area contributed by atoms with Crippen molar-refractivity contribution in [1.82, 2.24) is 9.21 Å². The fourth-order valence-corrected chi connectivity index (χ4v) is 5.88. The van der Waals surface area contributed by atoms with Crippen LogP contribution in [0.2, 0.25) is 0 Å². The van der Waals surface area contributed by atoms with Crippen LogP contribution in [0.4, 0.5) is 10.1 Å². The number of carbonyl (C=O) groups excluding carboxylic acids is 1. The summed E-state index contributed by atoms with van der Waals surface area (Å²) in [5.74, 6) is -0.0191. The van der Waals surface area contributed by atoms with Gasteiger partial charge in [-0.25, -0.2) is 12.8 Å². The zero-order valence-electron chi connectivity index (χ0n) is 18.1. The van der Waals surface area contributed by atoms with Crippen LogP contribution in [0.25, 0.3) is 0 Å². The predicted octanol–water partition coefficient (Wildman–Crippen LogP) is 2.58. The molecule has 4 rings (SSSR count). The normalized spacial score (nSPS) is 20.2. The molecule has 2 aromatic rings. The van der Waals surface area contributed by atoms with E-state index in [1.54, 1.807) is 7.11 Å². The average Bonchev–Trinajstić information content (AvgIpc) is 2.84. The number of carbonyl (C=O) groups is 1. The second kappa shape index (κ2) is 9.46. The Morgan fingerprint density at radius 3 is 2.25 bits per heavy atom. The molecule has 0 bridgehead atoms. The lowest BCUT2D eigenvalue weighted by molar-refractivity contribution is -0.137.